The number of nitrogens with one attached hydrogen (secondary N) is 2. The van der Waals surface area contributed by atoms with Gasteiger partial charge in [0.15, 0.2) is 0 Å². The number of aromatic nitrogens is 1. The van der Waals surface area contributed by atoms with Crippen molar-refractivity contribution in [1.82, 2.24) is 4.98 Å². The molecule has 1 amide bonds. The van der Waals surface area contributed by atoms with Gasteiger partial charge in [0.2, 0.25) is 0 Å². The van der Waals surface area contributed by atoms with E-state index in [2.05, 4.69) is 15.6 Å². The summed E-state index contributed by atoms with van der Waals surface area (Å²) in [6.45, 7) is 2.01. The van der Waals surface area contributed by atoms with E-state index in [0.717, 1.165) is 12.1 Å². The third kappa shape index (κ3) is 4.92. The van der Waals surface area contributed by atoms with Gasteiger partial charge in [-0.25, -0.2) is 13.6 Å². The van der Waals surface area contributed by atoms with Crippen molar-refractivity contribution in [3.05, 3.63) is 83.7 Å². The number of esters is 1. The van der Waals surface area contributed by atoms with Crippen molar-refractivity contribution in [2.45, 2.75) is 6.92 Å². The molecule has 0 spiro atoms. The molecule has 8 heteroatoms. The Bertz CT molecular complexity index is 1020. The molecule has 0 unspecified atom stereocenters. The number of pyridine rings is 1. The van der Waals surface area contributed by atoms with Gasteiger partial charge in [-0.1, -0.05) is 6.07 Å². The predicted octanol–water partition coefficient (Wildman–Crippen LogP) is 4.53. The maximum atomic E-state index is 13.7. The standard InChI is InChI=1S/C21H17F2N3O3/c1-2-29-21(28)13-6-8-15(9-7-13)25-16-10-14(11-24-12-16)20(27)26-19-17(22)4-3-5-18(19)23/h3-12,25H,2H2,1H3,(H,26,27). The molecule has 3 aromatic rings. The topological polar surface area (TPSA) is 80.3 Å². The molecule has 3 rings (SSSR count). The van der Waals surface area contributed by atoms with E-state index in [1.54, 1.807) is 31.2 Å². The molecule has 0 aliphatic heterocycles. The molecule has 1 heterocycles. The van der Waals surface area contributed by atoms with E-state index in [4.69, 9.17) is 4.74 Å². The molecule has 6 nitrogen and oxygen atoms in total. The van der Waals surface area contributed by atoms with Crippen molar-refractivity contribution in [3.8, 4) is 0 Å². The first-order valence-corrected chi connectivity index (χ1v) is 8.72. The van der Waals surface area contributed by atoms with Crippen molar-refractivity contribution in [2.24, 2.45) is 0 Å². The van der Waals surface area contributed by atoms with E-state index < -0.39 is 29.2 Å². The number of nitrogens with zero attached hydrogens (tertiary/aromatic N) is 1. The number of para-hydroxylation sites is 1. The number of anilines is 3. The number of halogens is 2. The molecule has 0 aliphatic rings. The summed E-state index contributed by atoms with van der Waals surface area (Å²) in [6, 6.07) is 11.3. The minimum absolute atomic E-state index is 0.112. The van der Waals surface area contributed by atoms with Crippen molar-refractivity contribution >= 4 is 28.9 Å². The smallest absolute Gasteiger partial charge is 0.338 e. The average molecular weight is 397 g/mol. The summed E-state index contributed by atoms with van der Waals surface area (Å²) < 4.78 is 32.4. The van der Waals surface area contributed by atoms with Crippen LogP contribution in [0.25, 0.3) is 0 Å². The Labute approximate surface area is 165 Å². The molecule has 2 N–H and O–H groups in total. The van der Waals surface area contributed by atoms with E-state index in [1.165, 1.54) is 24.5 Å². The molecular weight excluding hydrogens is 380 g/mol. The van der Waals surface area contributed by atoms with E-state index in [0.29, 0.717) is 16.9 Å². The van der Waals surface area contributed by atoms with Crippen LogP contribution >= 0.6 is 0 Å². The van der Waals surface area contributed by atoms with E-state index >= 15 is 0 Å². The van der Waals surface area contributed by atoms with Gasteiger partial charge < -0.3 is 15.4 Å². The van der Waals surface area contributed by atoms with Gasteiger partial charge in [-0.05, 0) is 49.4 Å². The lowest BCUT2D eigenvalue weighted by molar-refractivity contribution is 0.0526. The molecule has 148 valence electrons. The van der Waals surface area contributed by atoms with Gasteiger partial charge in [-0.15, -0.1) is 0 Å². The summed E-state index contributed by atoms with van der Waals surface area (Å²) >= 11 is 0. The normalized spacial score (nSPS) is 10.3. The number of rotatable bonds is 6. The number of benzene rings is 2. The summed E-state index contributed by atoms with van der Waals surface area (Å²) in [5.41, 5.74) is 1.13. The number of hydrogen-bond acceptors (Lipinski definition) is 5. The highest BCUT2D eigenvalue weighted by molar-refractivity contribution is 6.04. The molecule has 0 fully saturated rings. The molecule has 2 aromatic carbocycles. The van der Waals surface area contributed by atoms with Gasteiger partial charge in [0, 0.05) is 11.9 Å². The fourth-order valence-electron chi connectivity index (χ4n) is 2.51. The van der Waals surface area contributed by atoms with Crippen LogP contribution in [0.1, 0.15) is 27.6 Å². The summed E-state index contributed by atoms with van der Waals surface area (Å²) in [5.74, 6) is -2.87. The lowest BCUT2D eigenvalue weighted by Gasteiger charge is -2.10. The first-order chi connectivity index (χ1) is 14.0. The Hall–Kier alpha value is -3.81. The van der Waals surface area contributed by atoms with Crippen LogP contribution in [-0.4, -0.2) is 23.5 Å². The Morgan fingerprint density at radius 1 is 0.966 bits per heavy atom. The molecule has 0 atom stereocenters. The SMILES string of the molecule is CCOC(=O)c1ccc(Nc2cncc(C(=O)Nc3c(F)cccc3F)c2)cc1. The molecule has 0 saturated carbocycles. The second-order valence-corrected chi connectivity index (χ2v) is 5.94. The van der Waals surface area contributed by atoms with Crippen LogP contribution < -0.4 is 10.6 Å². The van der Waals surface area contributed by atoms with Crippen LogP contribution in [0.15, 0.2) is 60.9 Å². The maximum absolute atomic E-state index is 13.7. The zero-order valence-electron chi connectivity index (χ0n) is 15.4. The highest BCUT2D eigenvalue weighted by Crippen LogP contribution is 2.21. The predicted molar refractivity (Wildman–Crippen MR) is 104 cm³/mol. The first kappa shape index (κ1) is 19.9. The van der Waals surface area contributed by atoms with Crippen LogP contribution in [0.3, 0.4) is 0 Å². The highest BCUT2D eigenvalue weighted by Gasteiger charge is 2.14. The van der Waals surface area contributed by atoms with Crippen LogP contribution in [0.2, 0.25) is 0 Å². The molecule has 0 bridgehead atoms. The minimum Gasteiger partial charge on any atom is -0.462 e. The van der Waals surface area contributed by atoms with Crippen LogP contribution in [0.5, 0.6) is 0 Å². The van der Waals surface area contributed by atoms with E-state index in [1.807, 2.05) is 0 Å². The van der Waals surface area contributed by atoms with Crippen molar-refractivity contribution in [1.29, 1.82) is 0 Å². The van der Waals surface area contributed by atoms with E-state index in [9.17, 15) is 18.4 Å². The number of carbonyl (C=O) groups excluding carboxylic acids is 2. The quantitative estimate of drug-likeness (QED) is 0.598. The Kier molecular flexibility index (Phi) is 6.13. The molecule has 0 saturated heterocycles. The monoisotopic (exact) mass is 397 g/mol. The lowest BCUT2D eigenvalue weighted by Crippen LogP contribution is -2.14. The molecule has 0 aliphatic carbocycles. The van der Waals surface area contributed by atoms with Crippen molar-refractivity contribution in [2.75, 3.05) is 17.2 Å². The molecule has 1 aromatic heterocycles. The molecule has 29 heavy (non-hydrogen) atoms. The summed E-state index contributed by atoms with van der Waals surface area (Å²) in [6.07, 6.45) is 2.77. The van der Waals surface area contributed by atoms with Gasteiger partial charge in [0.05, 0.1) is 29.6 Å². The summed E-state index contributed by atoms with van der Waals surface area (Å²) in [4.78, 5) is 28.0. The maximum Gasteiger partial charge on any atom is 0.338 e. The summed E-state index contributed by atoms with van der Waals surface area (Å²) in [5, 5.41) is 5.25. The van der Waals surface area contributed by atoms with Crippen molar-refractivity contribution in [3.63, 3.8) is 0 Å². The fraction of sp³-hybridized carbons (Fsp3) is 0.0952. The van der Waals surface area contributed by atoms with Gasteiger partial charge in [-0.3, -0.25) is 9.78 Å². The Balaban J connectivity index is 1.72. The van der Waals surface area contributed by atoms with Gasteiger partial charge >= 0.3 is 5.97 Å². The van der Waals surface area contributed by atoms with Crippen LogP contribution in [-0.2, 0) is 4.74 Å². The number of carbonyl (C=O) groups is 2. The van der Waals surface area contributed by atoms with Crippen molar-refractivity contribution < 1.29 is 23.1 Å². The minimum atomic E-state index is -0.873. The average Bonchev–Trinajstić information content (AvgIpc) is 2.71. The summed E-state index contributed by atoms with van der Waals surface area (Å²) in [7, 11) is 0. The van der Waals surface area contributed by atoms with Gasteiger partial charge in [0.25, 0.3) is 5.91 Å². The third-order valence-electron chi connectivity index (χ3n) is 3.89. The van der Waals surface area contributed by atoms with E-state index in [-0.39, 0.29) is 12.2 Å². The Morgan fingerprint density at radius 2 is 1.66 bits per heavy atom. The zero-order chi connectivity index (χ0) is 20.8. The first-order valence-electron chi connectivity index (χ1n) is 8.72. The third-order valence-corrected chi connectivity index (χ3v) is 3.89. The van der Waals surface area contributed by atoms with Gasteiger partial charge in [-0.2, -0.15) is 0 Å². The number of amides is 1. The lowest BCUT2D eigenvalue weighted by atomic mass is 10.2. The second-order valence-electron chi connectivity index (χ2n) is 5.94. The Morgan fingerprint density at radius 3 is 2.31 bits per heavy atom. The fourth-order valence-corrected chi connectivity index (χ4v) is 2.51. The zero-order valence-corrected chi connectivity index (χ0v) is 15.4. The highest BCUT2D eigenvalue weighted by atomic mass is 19.1. The van der Waals surface area contributed by atoms with Crippen LogP contribution in [0.4, 0.5) is 25.8 Å². The number of ether oxygens (including phenoxy) is 1. The van der Waals surface area contributed by atoms with Gasteiger partial charge in [0.1, 0.15) is 17.3 Å². The second kappa shape index (κ2) is 8.92. The largest absolute Gasteiger partial charge is 0.462 e. The molecule has 0 radical (unpaired) electrons. The number of hydrogen-bond donors (Lipinski definition) is 2. The molecular formula is C21H17F2N3O3. The van der Waals surface area contributed by atoms with Crippen LogP contribution in [0, 0.1) is 11.6 Å².